The van der Waals surface area contributed by atoms with Gasteiger partial charge in [-0.05, 0) is 24.3 Å². The smallest absolute Gasteiger partial charge is 0.276 e. The highest BCUT2D eigenvalue weighted by molar-refractivity contribution is 5.92. The molecule has 0 bridgehead atoms. The Bertz CT molecular complexity index is 766. The van der Waals surface area contributed by atoms with Crippen LogP contribution < -0.4 is 0 Å². The fraction of sp³-hybridized carbons (Fsp3) is 0.450. The highest BCUT2D eigenvalue weighted by atomic mass is 16.5. The average Bonchev–Trinajstić information content (AvgIpc) is 3.09. The van der Waals surface area contributed by atoms with Crippen molar-refractivity contribution >= 4 is 5.91 Å². The zero-order chi connectivity index (χ0) is 17.9. The Kier molecular flexibility index (Phi) is 4.89. The van der Waals surface area contributed by atoms with E-state index in [1.54, 1.807) is 11.0 Å². The van der Waals surface area contributed by atoms with E-state index in [1.165, 1.54) is 0 Å². The zero-order valence-electron chi connectivity index (χ0n) is 14.7. The summed E-state index contributed by atoms with van der Waals surface area (Å²) in [5, 5.41) is 13.7. The normalized spacial score (nSPS) is 16.6. The van der Waals surface area contributed by atoms with Gasteiger partial charge in [0, 0.05) is 25.6 Å². The third kappa shape index (κ3) is 3.58. The molecule has 0 radical (unpaired) electrons. The number of likely N-dealkylation sites (tertiary alicyclic amines) is 1. The van der Waals surface area contributed by atoms with Crippen molar-refractivity contribution in [1.82, 2.24) is 10.1 Å². The van der Waals surface area contributed by atoms with Gasteiger partial charge < -0.3 is 9.42 Å². The molecule has 0 unspecified atom stereocenters. The Morgan fingerprint density at radius 2 is 2.00 bits per heavy atom. The van der Waals surface area contributed by atoms with Crippen LogP contribution in [0.4, 0.5) is 0 Å². The lowest BCUT2D eigenvalue weighted by molar-refractivity contribution is 0.0681. The van der Waals surface area contributed by atoms with Crippen molar-refractivity contribution in [2.75, 3.05) is 13.1 Å². The van der Waals surface area contributed by atoms with Crippen LogP contribution in [0.5, 0.6) is 0 Å². The van der Waals surface area contributed by atoms with Crippen molar-refractivity contribution in [3.8, 4) is 6.07 Å². The highest BCUT2D eigenvalue weighted by Gasteiger charge is 2.38. The van der Waals surface area contributed by atoms with E-state index in [2.05, 4.69) is 25.1 Å². The van der Waals surface area contributed by atoms with Gasteiger partial charge in [-0.1, -0.05) is 49.3 Å². The van der Waals surface area contributed by atoms with Gasteiger partial charge in [0.25, 0.3) is 5.91 Å². The number of benzene rings is 1. The molecular formula is C20H23N3O2. The molecule has 25 heavy (non-hydrogen) atoms. The lowest BCUT2D eigenvalue weighted by atomic mass is 9.74. The molecule has 130 valence electrons. The lowest BCUT2D eigenvalue weighted by Crippen LogP contribution is -2.44. The van der Waals surface area contributed by atoms with E-state index >= 15 is 0 Å². The second-order valence-electron chi connectivity index (χ2n) is 7.13. The monoisotopic (exact) mass is 337 g/mol. The van der Waals surface area contributed by atoms with Crippen molar-refractivity contribution in [2.45, 2.75) is 38.5 Å². The maximum Gasteiger partial charge on any atom is 0.276 e. The first-order chi connectivity index (χ1) is 12.0. The summed E-state index contributed by atoms with van der Waals surface area (Å²) in [6.45, 7) is 5.29. The predicted molar refractivity (Wildman–Crippen MR) is 93.9 cm³/mol. The molecule has 0 spiro atoms. The minimum Gasteiger partial charge on any atom is -0.361 e. The van der Waals surface area contributed by atoms with Crippen LogP contribution in [-0.4, -0.2) is 29.1 Å². The van der Waals surface area contributed by atoms with Crippen LogP contribution >= 0.6 is 0 Å². The Labute approximate surface area is 148 Å². The molecule has 0 aliphatic carbocycles. The molecule has 5 nitrogen and oxygen atoms in total. The number of amides is 1. The number of hydrogen-bond acceptors (Lipinski definition) is 4. The van der Waals surface area contributed by atoms with Crippen LogP contribution in [0.1, 0.15) is 48.5 Å². The molecule has 2 heterocycles. The summed E-state index contributed by atoms with van der Waals surface area (Å²) >= 11 is 0. The third-order valence-corrected chi connectivity index (χ3v) is 4.83. The van der Waals surface area contributed by atoms with Crippen molar-refractivity contribution in [1.29, 1.82) is 5.26 Å². The predicted octanol–water partition coefficient (Wildman–Crippen LogP) is 3.57. The second-order valence-corrected chi connectivity index (χ2v) is 7.13. The van der Waals surface area contributed by atoms with Gasteiger partial charge in [-0.25, -0.2) is 0 Å². The number of carbonyl (C=O) groups excluding carboxylic acids is 1. The quantitative estimate of drug-likeness (QED) is 0.855. The van der Waals surface area contributed by atoms with E-state index in [0.717, 1.165) is 17.7 Å². The summed E-state index contributed by atoms with van der Waals surface area (Å²) in [6, 6.07) is 14.1. The van der Waals surface area contributed by atoms with E-state index in [1.807, 2.05) is 30.3 Å². The molecule has 5 heteroatoms. The summed E-state index contributed by atoms with van der Waals surface area (Å²) in [4.78, 5) is 14.4. The van der Waals surface area contributed by atoms with Gasteiger partial charge in [0.15, 0.2) is 5.69 Å². The van der Waals surface area contributed by atoms with Crippen molar-refractivity contribution < 1.29 is 9.32 Å². The van der Waals surface area contributed by atoms with E-state index < -0.39 is 5.41 Å². The van der Waals surface area contributed by atoms with Gasteiger partial charge in [-0.3, -0.25) is 4.79 Å². The molecule has 1 aromatic carbocycles. The Morgan fingerprint density at radius 3 is 2.60 bits per heavy atom. The Morgan fingerprint density at radius 1 is 1.32 bits per heavy atom. The standard InChI is InChI=1S/C20H23N3O2/c1-15(2)12-17-13-18(22-25-17)19(24)23-10-8-20(14-21,9-11-23)16-6-4-3-5-7-16/h3-7,13,15H,8-12H2,1-2H3. The SMILES string of the molecule is CC(C)Cc1cc(C(=O)N2CCC(C#N)(c3ccccc3)CC2)no1. The maximum atomic E-state index is 12.7. The third-order valence-electron chi connectivity index (χ3n) is 4.83. The molecule has 1 amide bonds. The number of hydrogen-bond donors (Lipinski definition) is 0. The molecule has 1 saturated heterocycles. The number of nitriles is 1. The fourth-order valence-corrected chi connectivity index (χ4v) is 3.39. The van der Waals surface area contributed by atoms with Crippen LogP contribution in [0.25, 0.3) is 0 Å². The Balaban J connectivity index is 1.68. The summed E-state index contributed by atoms with van der Waals surface area (Å²) < 4.78 is 5.27. The molecule has 1 fully saturated rings. The minimum atomic E-state index is -0.509. The molecule has 1 aliphatic rings. The van der Waals surface area contributed by atoms with Crippen molar-refractivity contribution in [3.63, 3.8) is 0 Å². The molecule has 1 aromatic heterocycles. The minimum absolute atomic E-state index is 0.113. The average molecular weight is 337 g/mol. The second kappa shape index (κ2) is 7.10. The topological polar surface area (TPSA) is 70.1 Å². The number of carbonyl (C=O) groups is 1. The number of rotatable bonds is 4. The summed E-state index contributed by atoms with van der Waals surface area (Å²) in [5.74, 6) is 1.08. The molecule has 3 rings (SSSR count). The van der Waals surface area contributed by atoms with Gasteiger partial charge in [0.05, 0.1) is 11.5 Å². The van der Waals surface area contributed by atoms with Gasteiger partial charge in [-0.2, -0.15) is 5.26 Å². The first-order valence-electron chi connectivity index (χ1n) is 8.76. The van der Waals surface area contributed by atoms with Crippen LogP contribution in [0.3, 0.4) is 0 Å². The first kappa shape index (κ1) is 17.2. The van der Waals surface area contributed by atoms with Crippen LogP contribution in [0, 0.1) is 17.2 Å². The summed E-state index contributed by atoms with van der Waals surface area (Å²) in [6.07, 6.45) is 2.04. The Hall–Kier alpha value is -2.61. The van der Waals surface area contributed by atoms with E-state index in [9.17, 15) is 10.1 Å². The van der Waals surface area contributed by atoms with Crippen LogP contribution in [0.2, 0.25) is 0 Å². The number of nitrogens with zero attached hydrogens (tertiary/aromatic N) is 3. The maximum absolute atomic E-state index is 12.7. The fourth-order valence-electron chi connectivity index (χ4n) is 3.39. The lowest BCUT2D eigenvalue weighted by Gasteiger charge is -2.37. The first-order valence-corrected chi connectivity index (χ1v) is 8.76. The molecule has 1 aliphatic heterocycles. The van der Waals surface area contributed by atoms with Crippen LogP contribution in [0.15, 0.2) is 40.9 Å². The summed E-state index contributed by atoms with van der Waals surface area (Å²) in [5.41, 5.74) is 0.884. The number of aromatic nitrogens is 1. The highest BCUT2D eigenvalue weighted by Crippen LogP contribution is 2.35. The van der Waals surface area contributed by atoms with Gasteiger partial charge >= 0.3 is 0 Å². The van der Waals surface area contributed by atoms with E-state index in [0.29, 0.717) is 37.5 Å². The van der Waals surface area contributed by atoms with Crippen molar-refractivity contribution in [3.05, 3.63) is 53.4 Å². The largest absolute Gasteiger partial charge is 0.361 e. The molecule has 0 N–H and O–H groups in total. The molecular weight excluding hydrogens is 314 g/mol. The van der Waals surface area contributed by atoms with E-state index in [4.69, 9.17) is 4.52 Å². The van der Waals surface area contributed by atoms with Gasteiger partial charge in [-0.15, -0.1) is 0 Å². The number of piperidine rings is 1. The molecule has 0 atom stereocenters. The summed E-state index contributed by atoms with van der Waals surface area (Å²) in [7, 11) is 0. The molecule has 0 saturated carbocycles. The van der Waals surface area contributed by atoms with Crippen molar-refractivity contribution in [2.24, 2.45) is 5.92 Å². The zero-order valence-corrected chi connectivity index (χ0v) is 14.7. The van der Waals surface area contributed by atoms with Gasteiger partial charge in [0.1, 0.15) is 5.76 Å². The molecule has 2 aromatic rings. The van der Waals surface area contributed by atoms with Crippen LogP contribution in [-0.2, 0) is 11.8 Å². The van der Waals surface area contributed by atoms with Gasteiger partial charge in [0.2, 0.25) is 0 Å². The van der Waals surface area contributed by atoms with E-state index in [-0.39, 0.29) is 5.91 Å².